The number of aliphatic hydroxyl groups is 1. The molecule has 3 N–H and O–H groups in total. The summed E-state index contributed by atoms with van der Waals surface area (Å²) < 4.78 is 0. The third kappa shape index (κ3) is 0.900. The second-order valence-corrected chi connectivity index (χ2v) is 1.42. The van der Waals surface area contributed by atoms with E-state index >= 15 is 0 Å². The number of aliphatic hydroxyl groups excluding tert-OH is 1. The van der Waals surface area contributed by atoms with Gasteiger partial charge >= 0.3 is 6.03 Å². The smallest absolute Gasteiger partial charge is 0.321 e. The van der Waals surface area contributed by atoms with E-state index < -0.39 is 0 Å². The molecule has 2 amide bonds. The average molecular weight is 114 g/mol. The minimum absolute atomic E-state index is 0.0752. The first-order chi connectivity index (χ1) is 3.79. The fraction of sp³-hybridized carbons (Fsp3) is 0.250. The van der Waals surface area contributed by atoms with Crippen LogP contribution in [0.15, 0.2) is 12.0 Å². The number of hydrogen-bond acceptors (Lipinski definition) is 2. The first kappa shape index (κ1) is 4.96. The van der Waals surface area contributed by atoms with E-state index in [-0.39, 0.29) is 11.9 Å². The highest BCUT2D eigenvalue weighted by atomic mass is 16.3. The van der Waals surface area contributed by atoms with Crippen LogP contribution in [0.4, 0.5) is 4.79 Å². The molecule has 1 rings (SSSR count). The normalized spacial score (nSPS) is 18.5. The van der Waals surface area contributed by atoms with Gasteiger partial charge in [0.15, 0.2) is 5.88 Å². The molecule has 44 valence electrons. The molecule has 4 nitrogen and oxygen atoms in total. The highest BCUT2D eigenvalue weighted by Crippen LogP contribution is 1.85. The molecule has 8 heavy (non-hydrogen) atoms. The van der Waals surface area contributed by atoms with Crippen molar-refractivity contribution in [3.05, 3.63) is 12.0 Å². The van der Waals surface area contributed by atoms with E-state index in [0.717, 1.165) is 0 Å². The SMILES string of the molecule is O=C1NCC=C(O)N1. The molecule has 0 aromatic carbocycles. The molecule has 0 atom stereocenters. The van der Waals surface area contributed by atoms with Crippen molar-refractivity contribution in [3.8, 4) is 0 Å². The first-order valence-corrected chi connectivity index (χ1v) is 2.23. The highest BCUT2D eigenvalue weighted by Gasteiger charge is 2.04. The van der Waals surface area contributed by atoms with Crippen LogP contribution in [0.25, 0.3) is 0 Å². The lowest BCUT2D eigenvalue weighted by Crippen LogP contribution is -2.39. The number of urea groups is 1. The molecule has 0 fully saturated rings. The first-order valence-electron chi connectivity index (χ1n) is 2.23. The van der Waals surface area contributed by atoms with Gasteiger partial charge in [-0.2, -0.15) is 0 Å². The summed E-state index contributed by atoms with van der Waals surface area (Å²) in [5.74, 6) is -0.0752. The molecule has 1 aliphatic heterocycles. The molecule has 0 unspecified atom stereocenters. The minimum Gasteiger partial charge on any atom is -0.495 e. The van der Waals surface area contributed by atoms with E-state index in [0.29, 0.717) is 6.54 Å². The van der Waals surface area contributed by atoms with Gasteiger partial charge in [0.1, 0.15) is 0 Å². The van der Waals surface area contributed by atoms with E-state index in [2.05, 4.69) is 10.6 Å². The monoisotopic (exact) mass is 114 g/mol. The molecule has 0 saturated carbocycles. The zero-order chi connectivity index (χ0) is 5.98. The molecule has 1 heterocycles. The van der Waals surface area contributed by atoms with Crippen LogP contribution >= 0.6 is 0 Å². The van der Waals surface area contributed by atoms with Crippen molar-refractivity contribution < 1.29 is 9.90 Å². The van der Waals surface area contributed by atoms with Gasteiger partial charge in [-0.15, -0.1) is 0 Å². The summed E-state index contributed by atoms with van der Waals surface area (Å²) in [5.41, 5.74) is 0. The topological polar surface area (TPSA) is 61.4 Å². The summed E-state index contributed by atoms with van der Waals surface area (Å²) in [6, 6.07) is -0.356. The number of rotatable bonds is 0. The Hall–Kier alpha value is -1.19. The summed E-state index contributed by atoms with van der Waals surface area (Å²) in [6.07, 6.45) is 1.47. The van der Waals surface area contributed by atoms with Crippen LogP contribution in [0.3, 0.4) is 0 Å². The summed E-state index contributed by atoms with van der Waals surface area (Å²) >= 11 is 0. The third-order valence-electron chi connectivity index (χ3n) is 0.800. The van der Waals surface area contributed by atoms with Gasteiger partial charge in [-0.25, -0.2) is 4.79 Å². The lowest BCUT2D eigenvalue weighted by molar-refractivity contribution is 0.234. The van der Waals surface area contributed by atoms with Gasteiger partial charge in [0.25, 0.3) is 0 Å². The number of nitrogens with one attached hydrogen (secondary N) is 2. The van der Waals surface area contributed by atoms with Gasteiger partial charge in [-0.1, -0.05) is 0 Å². The standard InChI is InChI=1S/C4H6N2O2/c7-3-1-2-5-4(8)6-3/h1,7H,2H2,(H2,5,6,8). The number of carbonyl (C=O) groups excluding carboxylic acids is 1. The van der Waals surface area contributed by atoms with E-state index in [4.69, 9.17) is 5.11 Å². The van der Waals surface area contributed by atoms with Gasteiger partial charge in [-0.05, 0) is 6.08 Å². The molecule has 0 bridgehead atoms. The fourth-order valence-electron chi connectivity index (χ4n) is 0.452. The van der Waals surface area contributed by atoms with E-state index in [1.54, 1.807) is 0 Å². The van der Waals surface area contributed by atoms with Crippen molar-refractivity contribution in [1.82, 2.24) is 10.6 Å². The Labute approximate surface area is 46.2 Å². The zero-order valence-corrected chi connectivity index (χ0v) is 4.14. The molecule has 0 saturated heterocycles. The molecule has 0 radical (unpaired) electrons. The Morgan fingerprint density at radius 2 is 2.50 bits per heavy atom. The second-order valence-electron chi connectivity index (χ2n) is 1.42. The van der Waals surface area contributed by atoms with Crippen LogP contribution in [-0.4, -0.2) is 17.7 Å². The molecule has 0 aromatic rings. The third-order valence-corrected chi connectivity index (χ3v) is 0.800. The minimum atomic E-state index is -0.356. The summed E-state index contributed by atoms with van der Waals surface area (Å²) in [7, 11) is 0. The maximum atomic E-state index is 10.3. The maximum Gasteiger partial charge on any atom is 0.321 e. The van der Waals surface area contributed by atoms with Crippen LogP contribution in [-0.2, 0) is 0 Å². The van der Waals surface area contributed by atoms with Crippen molar-refractivity contribution in [2.75, 3.05) is 6.54 Å². The van der Waals surface area contributed by atoms with Crippen molar-refractivity contribution in [3.63, 3.8) is 0 Å². The Bertz CT molecular complexity index is 141. The highest BCUT2D eigenvalue weighted by molar-refractivity contribution is 5.76. The molecule has 0 spiro atoms. The number of amides is 2. The van der Waals surface area contributed by atoms with Crippen LogP contribution in [0.1, 0.15) is 0 Å². The predicted octanol–water partition coefficient (Wildman–Crippen LogP) is -0.301. The van der Waals surface area contributed by atoms with Crippen molar-refractivity contribution >= 4 is 6.03 Å². The number of hydrogen-bond donors (Lipinski definition) is 3. The predicted molar refractivity (Wildman–Crippen MR) is 27.2 cm³/mol. The molecular formula is C4H6N2O2. The van der Waals surface area contributed by atoms with Crippen molar-refractivity contribution in [2.24, 2.45) is 0 Å². The van der Waals surface area contributed by atoms with Crippen LogP contribution in [0.5, 0.6) is 0 Å². The molecule has 1 aliphatic rings. The van der Waals surface area contributed by atoms with Crippen LogP contribution in [0.2, 0.25) is 0 Å². The van der Waals surface area contributed by atoms with Gasteiger partial charge in [0.2, 0.25) is 0 Å². The lowest BCUT2D eigenvalue weighted by Gasteiger charge is -2.09. The van der Waals surface area contributed by atoms with E-state index in [9.17, 15) is 4.79 Å². The quantitative estimate of drug-likeness (QED) is 0.405. The van der Waals surface area contributed by atoms with Crippen LogP contribution in [0, 0.1) is 0 Å². The van der Waals surface area contributed by atoms with Gasteiger partial charge in [0, 0.05) is 6.54 Å². The Kier molecular flexibility index (Phi) is 1.07. The average Bonchev–Trinajstić information content (AvgIpc) is 1.64. The maximum absolute atomic E-state index is 10.3. The van der Waals surface area contributed by atoms with E-state index in [1.165, 1.54) is 6.08 Å². The Morgan fingerprint density at radius 3 is 2.88 bits per heavy atom. The Balaban J connectivity index is 2.57. The zero-order valence-electron chi connectivity index (χ0n) is 4.14. The van der Waals surface area contributed by atoms with Crippen molar-refractivity contribution in [1.29, 1.82) is 0 Å². The summed E-state index contributed by atoms with van der Waals surface area (Å²) in [5, 5.41) is 13.1. The van der Waals surface area contributed by atoms with Gasteiger partial charge in [-0.3, -0.25) is 5.32 Å². The van der Waals surface area contributed by atoms with Gasteiger partial charge in [0.05, 0.1) is 0 Å². The summed E-state index contributed by atoms with van der Waals surface area (Å²) in [6.45, 7) is 0.400. The molecule has 0 aromatic heterocycles. The fourth-order valence-corrected chi connectivity index (χ4v) is 0.452. The largest absolute Gasteiger partial charge is 0.495 e. The second kappa shape index (κ2) is 1.73. The summed E-state index contributed by atoms with van der Waals surface area (Å²) in [4.78, 5) is 10.3. The molecule has 0 aliphatic carbocycles. The lowest BCUT2D eigenvalue weighted by atomic mass is 10.5. The Morgan fingerprint density at radius 1 is 1.75 bits per heavy atom. The van der Waals surface area contributed by atoms with E-state index in [1.807, 2.05) is 0 Å². The molecule has 4 heteroatoms. The van der Waals surface area contributed by atoms with Gasteiger partial charge < -0.3 is 10.4 Å². The molecular weight excluding hydrogens is 108 g/mol. The van der Waals surface area contributed by atoms with Crippen LogP contribution < -0.4 is 10.6 Å². The number of carbonyl (C=O) groups is 1. The van der Waals surface area contributed by atoms with Crippen molar-refractivity contribution in [2.45, 2.75) is 0 Å².